The number of ether oxygens (including phenoxy) is 1. The topological polar surface area (TPSA) is 87.7 Å². The molecule has 26 heavy (non-hydrogen) atoms. The molecule has 2 N–H and O–H groups in total. The van der Waals surface area contributed by atoms with E-state index in [0.29, 0.717) is 11.4 Å². The number of carbonyl (C=O) groups is 3. The molecule has 3 amide bonds. The maximum atomic E-state index is 12.8. The van der Waals surface area contributed by atoms with E-state index in [2.05, 4.69) is 10.9 Å². The van der Waals surface area contributed by atoms with Crippen LogP contribution in [-0.4, -0.2) is 30.4 Å². The highest BCUT2D eigenvalue weighted by molar-refractivity contribution is 6.22. The molecule has 1 fully saturated rings. The first kappa shape index (κ1) is 17.6. The lowest BCUT2D eigenvalue weighted by Crippen LogP contribution is -2.49. The molecule has 0 aromatic heterocycles. The molecule has 1 heterocycles. The summed E-state index contributed by atoms with van der Waals surface area (Å²) in [5.41, 5.74) is 5.38. The Balaban J connectivity index is 1.50. The number of anilines is 1. The van der Waals surface area contributed by atoms with Crippen molar-refractivity contribution in [1.82, 2.24) is 10.9 Å². The molecule has 8 heteroatoms. The quantitative estimate of drug-likeness (QED) is 0.598. The first-order chi connectivity index (χ1) is 12.5. The molecule has 0 aliphatic carbocycles. The predicted octanol–water partition coefficient (Wildman–Crippen LogP) is 1.16. The Kier molecular flexibility index (Phi) is 5.23. The molecule has 134 valence electrons. The van der Waals surface area contributed by atoms with Gasteiger partial charge in [0.25, 0.3) is 11.8 Å². The summed E-state index contributed by atoms with van der Waals surface area (Å²) in [7, 11) is 0. The summed E-state index contributed by atoms with van der Waals surface area (Å²) in [5, 5.41) is 0. The molecule has 1 atom stereocenters. The van der Waals surface area contributed by atoms with Gasteiger partial charge in [0.15, 0.2) is 6.61 Å². The van der Waals surface area contributed by atoms with Crippen molar-refractivity contribution in [2.24, 2.45) is 0 Å². The average Bonchev–Trinajstić information content (AvgIpc) is 2.93. The molecule has 1 aliphatic rings. The second-order valence-corrected chi connectivity index (χ2v) is 5.59. The third-order valence-electron chi connectivity index (χ3n) is 3.73. The van der Waals surface area contributed by atoms with Gasteiger partial charge in [-0.15, -0.1) is 0 Å². The maximum absolute atomic E-state index is 12.8. The number of hydrogen-bond acceptors (Lipinski definition) is 5. The number of amides is 3. The van der Waals surface area contributed by atoms with Gasteiger partial charge in [-0.05, 0) is 36.4 Å². The van der Waals surface area contributed by atoms with E-state index in [9.17, 15) is 18.8 Å². The van der Waals surface area contributed by atoms with Crippen LogP contribution in [0.3, 0.4) is 0 Å². The minimum Gasteiger partial charge on any atom is -0.484 e. The summed E-state index contributed by atoms with van der Waals surface area (Å²) in [6.07, 6.45) is -0.0627. The summed E-state index contributed by atoms with van der Waals surface area (Å²) in [5.74, 6) is -1.40. The number of hydrogen-bond donors (Lipinski definition) is 2. The zero-order chi connectivity index (χ0) is 18.5. The van der Waals surface area contributed by atoms with E-state index in [4.69, 9.17) is 4.74 Å². The van der Waals surface area contributed by atoms with Crippen molar-refractivity contribution in [3.63, 3.8) is 0 Å². The molecule has 1 aliphatic heterocycles. The van der Waals surface area contributed by atoms with E-state index in [0.717, 1.165) is 4.90 Å². The van der Waals surface area contributed by atoms with Crippen LogP contribution >= 0.6 is 0 Å². The Hall–Kier alpha value is -3.26. The van der Waals surface area contributed by atoms with Crippen molar-refractivity contribution in [3.8, 4) is 5.75 Å². The molecule has 2 aromatic carbocycles. The Labute approximate surface area is 148 Å². The van der Waals surface area contributed by atoms with Gasteiger partial charge in [0, 0.05) is 0 Å². The second-order valence-electron chi connectivity index (χ2n) is 5.59. The minimum absolute atomic E-state index is 0.0627. The van der Waals surface area contributed by atoms with Crippen LogP contribution < -0.4 is 20.5 Å². The van der Waals surface area contributed by atoms with Gasteiger partial charge in [0.05, 0.1) is 12.1 Å². The Morgan fingerprint density at radius 3 is 2.50 bits per heavy atom. The number of carbonyl (C=O) groups excluding carboxylic acids is 3. The highest BCUT2D eigenvalue weighted by atomic mass is 19.1. The fourth-order valence-electron chi connectivity index (χ4n) is 2.48. The zero-order valence-electron chi connectivity index (χ0n) is 13.6. The van der Waals surface area contributed by atoms with Crippen LogP contribution in [0.2, 0.25) is 0 Å². The van der Waals surface area contributed by atoms with Gasteiger partial charge in [-0.3, -0.25) is 19.8 Å². The number of benzene rings is 2. The van der Waals surface area contributed by atoms with Gasteiger partial charge < -0.3 is 4.74 Å². The van der Waals surface area contributed by atoms with Crippen LogP contribution in [0.1, 0.15) is 6.42 Å². The van der Waals surface area contributed by atoms with Crippen LogP contribution in [0, 0.1) is 5.82 Å². The van der Waals surface area contributed by atoms with E-state index in [-0.39, 0.29) is 18.9 Å². The van der Waals surface area contributed by atoms with Crippen molar-refractivity contribution in [3.05, 3.63) is 60.4 Å². The molecular formula is C18H16FN3O4. The zero-order valence-corrected chi connectivity index (χ0v) is 13.6. The van der Waals surface area contributed by atoms with Crippen LogP contribution in [0.25, 0.3) is 0 Å². The maximum Gasteiger partial charge on any atom is 0.272 e. The molecular weight excluding hydrogens is 341 g/mol. The fraction of sp³-hybridized carbons (Fsp3) is 0.167. The Bertz CT molecular complexity index is 811. The van der Waals surface area contributed by atoms with Crippen molar-refractivity contribution >= 4 is 23.4 Å². The van der Waals surface area contributed by atoms with Crippen molar-refractivity contribution in [1.29, 1.82) is 0 Å². The van der Waals surface area contributed by atoms with E-state index >= 15 is 0 Å². The number of hydrazine groups is 1. The van der Waals surface area contributed by atoms with Gasteiger partial charge in [0.2, 0.25) is 5.91 Å². The summed E-state index contributed by atoms with van der Waals surface area (Å²) < 4.78 is 18.0. The van der Waals surface area contributed by atoms with Gasteiger partial charge in [0.1, 0.15) is 17.6 Å². The van der Waals surface area contributed by atoms with E-state index in [1.165, 1.54) is 24.3 Å². The van der Waals surface area contributed by atoms with Crippen molar-refractivity contribution in [2.75, 3.05) is 11.5 Å². The molecule has 1 saturated heterocycles. The monoisotopic (exact) mass is 357 g/mol. The lowest BCUT2D eigenvalue weighted by atomic mass is 10.2. The Morgan fingerprint density at radius 1 is 1.12 bits per heavy atom. The van der Waals surface area contributed by atoms with E-state index < -0.39 is 23.7 Å². The lowest BCUT2D eigenvalue weighted by molar-refractivity contribution is -0.125. The summed E-state index contributed by atoms with van der Waals surface area (Å²) >= 11 is 0. The summed E-state index contributed by atoms with van der Waals surface area (Å²) in [6, 6.07) is 12.9. The van der Waals surface area contributed by atoms with Gasteiger partial charge >= 0.3 is 0 Å². The number of rotatable bonds is 6. The first-order valence-corrected chi connectivity index (χ1v) is 7.89. The number of nitrogens with zero attached hydrogens (tertiary/aromatic N) is 1. The average molecular weight is 357 g/mol. The molecule has 0 bridgehead atoms. The highest BCUT2D eigenvalue weighted by Crippen LogP contribution is 2.22. The minimum atomic E-state index is -0.850. The van der Waals surface area contributed by atoms with Crippen molar-refractivity contribution in [2.45, 2.75) is 12.5 Å². The van der Waals surface area contributed by atoms with E-state index in [1.807, 2.05) is 0 Å². The van der Waals surface area contributed by atoms with Gasteiger partial charge in [-0.25, -0.2) is 14.7 Å². The summed E-state index contributed by atoms with van der Waals surface area (Å²) in [4.78, 5) is 37.3. The molecule has 0 spiro atoms. The van der Waals surface area contributed by atoms with Crippen LogP contribution in [-0.2, 0) is 14.4 Å². The van der Waals surface area contributed by atoms with E-state index in [1.54, 1.807) is 30.3 Å². The summed E-state index contributed by atoms with van der Waals surface area (Å²) in [6.45, 7) is -0.324. The van der Waals surface area contributed by atoms with Crippen LogP contribution in [0.4, 0.5) is 10.1 Å². The molecule has 7 nitrogen and oxygen atoms in total. The van der Waals surface area contributed by atoms with Crippen molar-refractivity contribution < 1.29 is 23.5 Å². The lowest BCUT2D eigenvalue weighted by Gasteiger charge is -2.15. The molecule has 1 unspecified atom stereocenters. The van der Waals surface area contributed by atoms with Crippen LogP contribution in [0.15, 0.2) is 54.6 Å². The third-order valence-corrected chi connectivity index (χ3v) is 3.73. The SMILES string of the molecule is O=C(COc1ccc(F)cc1)NNC1CC(=O)N(c2ccccc2)C1=O. The predicted molar refractivity (Wildman–Crippen MR) is 90.5 cm³/mol. The largest absolute Gasteiger partial charge is 0.484 e. The number of nitrogens with one attached hydrogen (secondary N) is 2. The molecule has 0 saturated carbocycles. The molecule has 3 rings (SSSR count). The highest BCUT2D eigenvalue weighted by Gasteiger charge is 2.39. The smallest absolute Gasteiger partial charge is 0.272 e. The number of halogens is 1. The van der Waals surface area contributed by atoms with Gasteiger partial charge in [-0.1, -0.05) is 18.2 Å². The number of para-hydroxylation sites is 1. The third kappa shape index (κ3) is 4.04. The first-order valence-electron chi connectivity index (χ1n) is 7.89. The second kappa shape index (κ2) is 7.75. The van der Waals surface area contributed by atoms with Crippen LogP contribution in [0.5, 0.6) is 5.75 Å². The van der Waals surface area contributed by atoms with Gasteiger partial charge in [-0.2, -0.15) is 0 Å². The standard InChI is InChI=1S/C18H16FN3O4/c19-12-6-8-14(9-7-12)26-11-16(23)21-20-15-10-17(24)22(18(15)25)13-4-2-1-3-5-13/h1-9,15,20H,10-11H2,(H,21,23). The molecule has 0 radical (unpaired) electrons. The number of imide groups is 1. The fourth-order valence-corrected chi connectivity index (χ4v) is 2.48. The molecule has 2 aromatic rings. The normalized spacial score (nSPS) is 16.7. The Morgan fingerprint density at radius 2 is 1.81 bits per heavy atom.